The lowest BCUT2D eigenvalue weighted by atomic mass is 10.1. The van der Waals surface area contributed by atoms with Crippen molar-refractivity contribution in [2.45, 2.75) is 25.0 Å². The second kappa shape index (κ2) is 5.28. The third-order valence-electron chi connectivity index (χ3n) is 2.50. The molecule has 1 N–H and O–H groups in total. The van der Waals surface area contributed by atoms with E-state index in [0.717, 1.165) is 6.42 Å². The fourth-order valence-electron chi connectivity index (χ4n) is 1.37. The Morgan fingerprint density at radius 3 is 2.40 bits per heavy atom. The molecule has 1 atom stereocenters. The summed E-state index contributed by atoms with van der Waals surface area (Å²) in [4.78, 5) is 0. The van der Waals surface area contributed by atoms with Crippen LogP contribution in [0.4, 0.5) is 0 Å². The van der Waals surface area contributed by atoms with E-state index in [9.17, 15) is 8.42 Å². The molecule has 1 aromatic carbocycles. The van der Waals surface area contributed by atoms with Crippen LogP contribution in [0.5, 0.6) is 0 Å². The molecule has 0 heterocycles. The van der Waals surface area contributed by atoms with Gasteiger partial charge >= 0.3 is 0 Å². The third kappa shape index (κ3) is 3.64. The second-order valence-electron chi connectivity index (χ2n) is 3.58. The molecule has 0 radical (unpaired) electrons. The second-order valence-corrected chi connectivity index (χ2v) is 5.89. The average Bonchev–Trinajstić information content (AvgIpc) is 2.27. The van der Waals surface area contributed by atoms with Crippen LogP contribution in [0.15, 0.2) is 30.3 Å². The molecule has 0 saturated carbocycles. The topological polar surface area (TPSA) is 46.2 Å². The monoisotopic (exact) mass is 227 g/mol. The van der Waals surface area contributed by atoms with E-state index < -0.39 is 10.0 Å². The van der Waals surface area contributed by atoms with Crippen molar-refractivity contribution in [1.82, 2.24) is 4.72 Å². The summed E-state index contributed by atoms with van der Waals surface area (Å²) in [7, 11) is -1.67. The molecule has 1 unspecified atom stereocenters. The number of sulfonamides is 1. The molecule has 4 heteroatoms. The van der Waals surface area contributed by atoms with Gasteiger partial charge in [-0.1, -0.05) is 30.3 Å². The predicted molar refractivity (Wildman–Crippen MR) is 62.2 cm³/mol. The summed E-state index contributed by atoms with van der Waals surface area (Å²) >= 11 is 0. The van der Waals surface area contributed by atoms with Crippen LogP contribution in [0.25, 0.3) is 0 Å². The van der Waals surface area contributed by atoms with Gasteiger partial charge in [-0.2, -0.15) is 0 Å². The number of benzene rings is 1. The fraction of sp³-hybridized carbons (Fsp3) is 0.455. The summed E-state index contributed by atoms with van der Waals surface area (Å²) in [6, 6.07) is 9.91. The number of aryl methyl sites for hydroxylation is 1. The third-order valence-corrected chi connectivity index (χ3v) is 4.36. The van der Waals surface area contributed by atoms with Crippen molar-refractivity contribution in [3.63, 3.8) is 0 Å². The summed E-state index contributed by atoms with van der Waals surface area (Å²) < 4.78 is 25.2. The van der Waals surface area contributed by atoms with E-state index in [1.807, 2.05) is 30.3 Å². The Kier molecular flexibility index (Phi) is 4.29. The van der Waals surface area contributed by atoms with E-state index in [1.165, 1.54) is 12.6 Å². The molecular formula is C11H17NO2S. The van der Waals surface area contributed by atoms with Crippen molar-refractivity contribution in [1.29, 1.82) is 0 Å². The van der Waals surface area contributed by atoms with Gasteiger partial charge in [0, 0.05) is 0 Å². The predicted octanol–water partition coefficient (Wildman–Crippen LogP) is 1.56. The van der Waals surface area contributed by atoms with Crippen LogP contribution in [0.2, 0.25) is 0 Å². The van der Waals surface area contributed by atoms with Crippen molar-refractivity contribution >= 4 is 10.0 Å². The normalized spacial score (nSPS) is 13.7. The zero-order valence-corrected chi connectivity index (χ0v) is 9.92. The maximum Gasteiger partial charge on any atom is 0.213 e. The van der Waals surface area contributed by atoms with Crippen LogP contribution in [0.3, 0.4) is 0 Å². The molecule has 0 amide bonds. The summed E-state index contributed by atoms with van der Waals surface area (Å²) in [6.45, 7) is 1.73. The van der Waals surface area contributed by atoms with Crippen LogP contribution in [-0.2, 0) is 16.4 Å². The number of hydrogen-bond donors (Lipinski definition) is 1. The first-order valence-corrected chi connectivity index (χ1v) is 6.57. The van der Waals surface area contributed by atoms with Gasteiger partial charge in [0.1, 0.15) is 0 Å². The summed E-state index contributed by atoms with van der Waals surface area (Å²) in [5.41, 5.74) is 1.18. The highest BCUT2D eigenvalue weighted by Gasteiger charge is 2.17. The smallest absolute Gasteiger partial charge is 0.213 e. The highest BCUT2D eigenvalue weighted by molar-refractivity contribution is 7.90. The summed E-state index contributed by atoms with van der Waals surface area (Å²) in [5.74, 6) is 0. The molecule has 84 valence electrons. The minimum Gasteiger partial charge on any atom is -0.218 e. The lowest BCUT2D eigenvalue weighted by molar-refractivity contribution is 0.569. The van der Waals surface area contributed by atoms with Gasteiger partial charge in [0.2, 0.25) is 10.0 Å². The van der Waals surface area contributed by atoms with E-state index in [-0.39, 0.29) is 5.25 Å². The van der Waals surface area contributed by atoms with Gasteiger partial charge in [-0.15, -0.1) is 0 Å². The Hall–Kier alpha value is -0.870. The number of hydrogen-bond acceptors (Lipinski definition) is 2. The van der Waals surface area contributed by atoms with E-state index in [1.54, 1.807) is 6.92 Å². The minimum atomic E-state index is -3.12. The van der Waals surface area contributed by atoms with Crippen LogP contribution in [0, 0.1) is 0 Å². The van der Waals surface area contributed by atoms with Crippen LogP contribution >= 0.6 is 0 Å². The largest absolute Gasteiger partial charge is 0.218 e. The SMILES string of the molecule is CNS(=O)(=O)C(C)CCc1ccccc1. The maximum absolute atomic E-state index is 11.4. The van der Waals surface area contributed by atoms with E-state index >= 15 is 0 Å². The van der Waals surface area contributed by atoms with Gasteiger partial charge in [0.15, 0.2) is 0 Å². The van der Waals surface area contributed by atoms with Gasteiger partial charge in [0.05, 0.1) is 5.25 Å². The highest BCUT2D eigenvalue weighted by atomic mass is 32.2. The Morgan fingerprint density at radius 2 is 1.87 bits per heavy atom. The molecule has 0 saturated heterocycles. The van der Waals surface area contributed by atoms with E-state index in [4.69, 9.17) is 0 Å². The van der Waals surface area contributed by atoms with Gasteiger partial charge in [0.25, 0.3) is 0 Å². The van der Waals surface area contributed by atoms with Gasteiger partial charge in [-0.3, -0.25) is 0 Å². The van der Waals surface area contributed by atoms with Gasteiger partial charge < -0.3 is 0 Å². The lowest BCUT2D eigenvalue weighted by Crippen LogP contribution is -2.29. The standard InChI is InChI=1S/C11H17NO2S/c1-10(15(13,14)12-2)8-9-11-6-4-3-5-7-11/h3-7,10,12H,8-9H2,1-2H3. The number of nitrogens with one attached hydrogen (secondary N) is 1. The molecule has 3 nitrogen and oxygen atoms in total. The Balaban J connectivity index is 2.52. The van der Waals surface area contributed by atoms with Gasteiger partial charge in [-0.25, -0.2) is 13.1 Å². The molecule has 0 aliphatic heterocycles. The number of rotatable bonds is 5. The summed E-state index contributed by atoms with van der Waals surface area (Å²) in [6.07, 6.45) is 1.44. The minimum absolute atomic E-state index is 0.345. The molecule has 0 fully saturated rings. The molecule has 0 aromatic heterocycles. The lowest BCUT2D eigenvalue weighted by Gasteiger charge is -2.11. The van der Waals surface area contributed by atoms with Crippen LogP contribution in [-0.4, -0.2) is 20.7 Å². The fourth-order valence-corrected chi connectivity index (χ4v) is 2.20. The molecule has 1 aromatic rings. The molecule has 0 aliphatic rings. The quantitative estimate of drug-likeness (QED) is 0.829. The first-order valence-electron chi connectivity index (χ1n) is 5.02. The Bertz CT molecular complexity index is 386. The van der Waals surface area contributed by atoms with Crippen LogP contribution in [0.1, 0.15) is 18.9 Å². The molecule has 15 heavy (non-hydrogen) atoms. The molecule has 0 aliphatic carbocycles. The summed E-state index contributed by atoms with van der Waals surface area (Å²) in [5, 5.41) is -0.345. The van der Waals surface area contributed by atoms with E-state index in [2.05, 4.69) is 4.72 Å². The molecular weight excluding hydrogens is 210 g/mol. The van der Waals surface area contributed by atoms with Crippen molar-refractivity contribution in [2.24, 2.45) is 0 Å². The Labute approximate surface area is 91.6 Å². The van der Waals surface area contributed by atoms with Crippen molar-refractivity contribution < 1.29 is 8.42 Å². The first-order chi connectivity index (χ1) is 7.06. The van der Waals surface area contributed by atoms with Crippen molar-refractivity contribution in [3.05, 3.63) is 35.9 Å². The van der Waals surface area contributed by atoms with Gasteiger partial charge in [-0.05, 0) is 32.4 Å². The van der Waals surface area contributed by atoms with Crippen molar-refractivity contribution in [2.75, 3.05) is 7.05 Å². The zero-order chi connectivity index (χ0) is 11.3. The zero-order valence-electron chi connectivity index (χ0n) is 9.10. The molecule has 1 rings (SSSR count). The Morgan fingerprint density at radius 1 is 1.27 bits per heavy atom. The average molecular weight is 227 g/mol. The van der Waals surface area contributed by atoms with Crippen LogP contribution < -0.4 is 4.72 Å². The molecule has 0 spiro atoms. The first kappa shape index (κ1) is 12.2. The highest BCUT2D eigenvalue weighted by Crippen LogP contribution is 2.09. The van der Waals surface area contributed by atoms with Crippen molar-refractivity contribution in [3.8, 4) is 0 Å². The maximum atomic E-state index is 11.4. The van der Waals surface area contributed by atoms with E-state index in [0.29, 0.717) is 6.42 Å². The molecule has 0 bridgehead atoms.